The number of rotatable bonds is 7. The van der Waals surface area contributed by atoms with Gasteiger partial charge in [0.05, 0.1) is 22.6 Å². The summed E-state index contributed by atoms with van der Waals surface area (Å²) in [6.45, 7) is 6.18. The molecule has 1 aromatic carbocycles. The summed E-state index contributed by atoms with van der Waals surface area (Å²) in [5.41, 5.74) is 1.82. The number of sulfonamides is 1. The van der Waals surface area contributed by atoms with Crippen LogP contribution in [-0.2, 0) is 16.6 Å². The van der Waals surface area contributed by atoms with Crippen molar-refractivity contribution in [2.45, 2.75) is 38.1 Å². The quantitative estimate of drug-likeness (QED) is 0.594. The summed E-state index contributed by atoms with van der Waals surface area (Å²) >= 11 is 3.00. The van der Waals surface area contributed by atoms with E-state index in [4.69, 9.17) is 4.74 Å². The van der Waals surface area contributed by atoms with Gasteiger partial charge in [0.25, 0.3) is 0 Å². The van der Waals surface area contributed by atoms with Crippen LogP contribution >= 0.6 is 22.7 Å². The highest BCUT2D eigenvalue weighted by Crippen LogP contribution is 2.36. The minimum Gasteiger partial charge on any atom is -0.496 e. The Morgan fingerprint density at radius 2 is 2.00 bits per heavy atom. The second-order valence-corrected chi connectivity index (χ2v) is 10.2. The number of ether oxygens (including phenoxy) is 1. The van der Waals surface area contributed by atoms with E-state index in [2.05, 4.69) is 23.6 Å². The molecule has 1 N–H and O–H groups in total. The lowest BCUT2D eigenvalue weighted by Crippen LogP contribution is -2.23. The van der Waals surface area contributed by atoms with Gasteiger partial charge in [-0.05, 0) is 25.0 Å². The predicted octanol–water partition coefficient (Wildman–Crippen LogP) is 4.79. The van der Waals surface area contributed by atoms with Gasteiger partial charge in [-0.2, -0.15) is 0 Å². The van der Waals surface area contributed by atoms with Crippen LogP contribution in [0.1, 0.15) is 35.9 Å². The van der Waals surface area contributed by atoms with Crippen LogP contribution in [0.4, 0.5) is 0 Å². The fraction of sp³-hybridized carbons (Fsp3) is 0.316. The average Bonchev–Trinajstić information content (AvgIpc) is 3.27. The Bertz CT molecular complexity index is 1040. The first-order valence-electron chi connectivity index (χ1n) is 8.49. The summed E-state index contributed by atoms with van der Waals surface area (Å²) in [7, 11) is -2.06. The Kier molecular flexibility index (Phi) is 6.00. The number of aryl methyl sites for hydroxylation is 1. The van der Waals surface area contributed by atoms with E-state index in [9.17, 15) is 8.42 Å². The Balaban J connectivity index is 1.83. The van der Waals surface area contributed by atoms with Gasteiger partial charge >= 0.3 is 0 Å². The van der Waals surface area contributed by atoms with E-state index in [1.54, 1.807) is 24.5 Å². The molecule has 144 valence electrons. The van der Waals surface area contributed by atoms with E-state index in [0.29, 0.717) is 16.6 Å². The molecule has 0 aliphatic carbocycles. The van der Waals surface area contributed by atoms with Gasteiger partial charge in [0.15, 0.2) is 0 Å². The smallest absolute Gasteiger partial charge is 0.241 e. The minimum absolute atomic E-state index is 0.172. The van der Waals surface area contributed by atoms with Crippen molar-refractivity contribution in [2.75, 3.05) is 7.11 Å². The molecule has 0 bridgehead atoms. The number of hydrogen-bond acceptors (Lipinski definition) is 6. The third-order valence-electron chi connectivity index (χ3n) is 4.13. The second kappa shape index (κ2) is 8.10. The van der Waals surface area contributed by atoms with Gasteiger partial charge in [-0.15, -0.1) is 22.7 Å². The molecule has 3 rings (SSSR count). The number of methoxy groups -OCH3 is 1. The number of benzene rings is 1. The average molecular weight is 423 g/mol. The fourth-order valence-electron chi connectivity index (χ4n) is 2.60. The first-order valence-corrected chi connectivity index (χ1v) is 11.7. The lowest BCUT2D eigenvalue weighted by Gasteiger charge is -2.10. The molecule has 3 aromatic rings. The molecule has 0 fully saturated rings. The molecule has 0 aliphatic rings. The lowest BCUT2D eigenvalue weighted by molar-refractivity contribution is 0.409. The topological polar surface area (TPSA) is 68.3 Å². The highest BCUT2D eigenvalue weighted by Gasteiger charge is 2.22. The molecule has 2 heterocycles. The maximum atomic E-state index is 12.8. The van der Waals surface area contributed by atoms with E-state index in [-0.39, 0.29) is 6.54 Å². The number of hydrogen-bond donors (Lipinski definition) is 1. The molecular weight excluding hydrogens is 400 g/mol. The number of thiazole rings is 1. The molecule has 8 heteroatoms. The Morgan fingerprint density at radius 1 is 1.26 bits per heavy atom. The molecule has 0 saturated carbocycles. The molecule has 0 atom stereocenters. The number of aromatic nitrogens is 1. The van der Waals surface area contributed by atoms with Gasteiger partial charge in [-0.1, -0.05) is 32.0 Å². The zero-order valence-electron chi connectivity index (χ0n) is 15.6. The molecule has 0 aliphatic heterocycles. The van der Waals surface area contributed by atoms with Crippen molar-refractivity contribution in [2.24, 2.45) is 0 Å². The monoisotopic (exact) mass is 422 g/mol. The third-order valence-corrected chi connectivity index (χ3v) is 7.87. The zero-order valence-corrected chi connectivity index (χ0v) is 18.1. The Labute approximate surface area is 168 Å². The van der Waals surface area contributed by atoms with Crippen molar-refractivity contribution in [1.29, 1.82) is 0 Å². The standard InChI is InChI=1S/C19H22N2O3S3/c1-12(2)15-11-25-19(21-15)17-9-18(13(3)26-17)27(22,23)20-10-14-7-5-6-8-16(14)24-4/h5-9,11-12,20H,10H2,1-4H3. The number of thiophene rings is 1. The minimum atomic E-state index is -3.63. The van der Waals surface area contributed by atoms with Gasteiger partial charge in [-0.25, -0.2) is 18.1 Å². The van der Waals surface area contributed by atoms with E-state index < -0.39 is 10.0 Å². The highest BCUT2D eigenvalue weighted by molar-refractivity contribution is 7.89. The van der Waals surface area contributed by atoms with Crippen LogP contribution in [-0.4, -0.2) is 20.5 Å². The van der Waals surface area contributed by atoms with Crippen LogP contribution in [0.5, 0.6) is 5.75 Å². The largest absolute Gasteiger partial charge is 0.496 e. The Hall–Kier alpha value is -1.74. The molecule has 0 amide bonds. The number of nitrogens with zero attached hydrogens (tertiary/aromatic N) is 1. The molecule has 0 unspecified atom stereocenters. The summed E-state index contributed by atoms with van der Waals surface area (Å²) in [6, 6.07) is 9.08. The van der Waals surface area contributed by atoms with Crippen LogP contribution < -0.4 is 9.46 Å². The van der Waals surface area contributed by atoms with E-state index in [1.807, 2.05) is 36.6 Å². The lowest BCUT2D eigenvalue weighted by atomic mass is 10.2. The molecule has 0 saturated heterocycles. The van der Waals surface area contributed by atoms with Crippen LogP contribution in [0.15, 0.2) is 40.6 Å². The van der Waals surface area contributed by atoms with E-state index in [1.165, 1.54) is 11.3 Å². The molecular formula is C19H22N2O3S3. The molecule has 2 aromatic heterocycles. The molecule has 5 nitrogen and oxygen atoms in total. The highest BCUT2D eigenvalue weighted by atomic mass is 32.2. The summed E-state index contributed by atoms with van der Waals surface area (Å²) in [4.78, 5) is 6.56. The number of nitrogens with one attached hydrogen (secondary N) is 1. The van der Waals surface area contributed by atoms with Crippen molar-refractivity contribution >= 4 is 32.7 Å². The first kappa shape index (κ1) is 20.0. The molecule has 27 heavy (non-hydrogen) atoms. The normalized spacial score (nSPS) is 11.9. The van der Waals surface area contributed by atoms with Crippen LogP contribution in [0.3, 0.4) is 0 Å². The fourth-order valence-corrected chi connectivity index (χ4v) is 6.24. The van der Waals surface area contributed by atoms with Crippen molar-refractivity contribution < 1.29 is 13.2 Å². The van der Waals surface area contributed by atoms with Crippen molar-refractivity contribution in [1.82, 2.24) is 9.71 Å². The third kappa shape index (κ3) is 4.40. The summed E-state index contributed by atoms with van der Waals surface area (Å²) < 4.78 is 33.6. The molecule has 0 radical (unpaired) electrons. The maximum absolute atomic E-state index is 12.8. The summed E-state index contributed by atoms with van der Waals surface area (Å²) in [5, 5.41) is 2.89. The predicted molar refractivity (Wildman–Crippen MR) is 111 cm³/mol. The number of para-hydroxylation sites is 1. The van der Waals surface area contributed by atoms with Crippen LogP contribution in [0, 0.1) is 6.92 Å². The van der Waals surface area contributed by atoms with Gasteiger partial charge in [0.1, 0.15) is 10.8 Å². The maximum Gasteiger partial charge on any atom is 0.241 e. The molecule has 0 spiro atoms. The van der Waals surface area contributed by atoms with Crippen LogP contribution in [0.25, 0.3) is 9.88 Å². The summed E-state index contributed by atoms with van der Waals surface area (Å²) in [5.74, 6) is 1.01. The van der Waals surface area contributed by atoms with Crippen molar-refractivity contribution in [3.05, 3.63) is 51.8 Å². The van der Waals surface area contributed by atoms with Gasteiger partial charge in [0.2, 0.25) is 10.0 Å². The van der Waals surface area contributed by atoms with Gasteiger partial charge in [-0.3, -0.25) is 0 Å². The van der Waals surface area contributed by atoms with Crippen LogP contribution in [0.2, 0.25) is 0 Å². The van der Waals surface area contributed by atoms with Crippen molar-refractivity contribution in [3.63, 3.8) is 0 Å². The second-order valence-electron chi connectivity index (χ2n) is 6.40. The summed E-state index contributed by atoms with van der Waals surface area (Å²) in [6.07, 6.45) is 0. The Morgan fingerprint density at radius 3 is 2.67 bits per heavy atom. The first-order chi connectivity index (χ1) is 12.8. The van der Waals surface area contributed by atoms with E-state index in [0.717, 1.165) is 26.0 Å². The zero-order chi connectivity index (χ0) is 19.6. The SMILES string of the molecule is COc1ccccc1CNS(=O)(=O)c1cc(-c2nc(C(C)C)cs2)sc1C. The van der Waals surface area contributed by atoms with Gasteiger partial charge in [0, 0.05) is 22.4 Å². The van der Waals surface area contributed by atoms with Gasteiger partial charge < -0.3 is 4.74 Å². The van der Waals surface area contributed by atoms with Crippen molar-refractivity contribution in [3.8, 4) is 15.6 Å². The van der Waals surface area contributed by atoms with E-state index >= 15 is 0 Å².